The quantitative estimate of drug-likeness (QED) is 0.245. The van der Waals surface area contributed by atoms with Crippen LogP contribution in [0.5, 0.6) is 0 Å². The van der Waals surface area contributed by atoms with Gasteiger partial charge in [0.25, 0.3) is 0 Å². The molecule has 1 aliphatic rings. The normalized spacial score (nSPS) is 24.1. The first-order valence-electron chi connectivity index (χ1n) is 8.61. The van der Waals surface area contributed by atoms with E-state index in [-0.39, 0.29) is 5.41 Å². The average molecular weight is 302 g/mol. The van der Waals surface area contributed by atoms with Crippen molar-refractivity contribution < 1.29 is 19.6 Å². The first kappa shape index (κ1) is 18.9. The zero-order valence-electron chi connectivity index (χ0n) is 14.6. The van der Waals surface area contributed by atoms with E-state index in [1.165, 1.54) is 6.42 Å². The first-order chi connectivity index (χ1) is 10.00. The topological polar surface area (TPSA) is 36.9 Å². The van der Waals surface area contributed by atoms with Crippen molar-refractivity contribution in [3.8, 4) is 0 Å². The molecule has 1 fully saturated rings. The van der Waals surface area contributed by atoms with Gasteiger partial charge in [-0.25, -0.2) is 9.78 Å². The number of rotatable bonds is 10. The van der Waals surface area contributed by atoms with Gasteiger partial charge in [0.2, 0.25) is 5.79 Å². The van der Waals surface area contributed by atoms with Crippen LogP contribution in [0.15, 0.2) is 0 Å². The van der Waals surface area contributed by atoms with E-state index in [9.17, 15) is 0 Å². The van der Waals surface area contributed by atoms with Crippen molar-refractivity contribution in [3.05, 3.63) is 0 Å². The summed E-state index contributed by atoms with van der Waals surface area (Å²) in [5.74, 6) is -0.303. The number of hydrogen-bond acceptors (Lipinski definition) is 4. The molecule has 1 rings (SSSR count). The Morgan fingerprint density at radius 2 is 1.48 bits per heavy atom. The SMILES string of the molecule is CCCCOOC1(OOCCCC)CCCC(C)C1(C)C. The zero-order chi connectivity index (χ0) is 15.8. The minimum absolute atomic E-state index is 0.149. The second-order valence-corrected chi connectivity index (χ2v) is 6.79. The maximum Gasteiger partial charge on any atom is 0.239 e. The Kier molecular flexibility index (Phi) is 8.17. The van der Waals surface area contributed by atoms with E-state index in [1.54, 1.807) is 0 Å². The molecule has 0 amide bonds. The molecule has 4 heteroatoms. The highest BCUT2D eigenvalue weighted by Crippen LogP contribution is 2.50. The standard InChI is InChI=1S/C17H34O4/c1-6-8-13-18-20-17(21-19-14-9-7-2)12-10-11-15(3)16(17,4)5/h15H,6-14H2,1-5H3. The predicted molar refractivity (Wildman–Crippen MR) is 83.4 cm³/mol. The van der Waals surface area contributed by atoms with Crippen LogP contribution in [0.25, 0.3) is 0 Å². The third-order valence-corrected chi connectivity index (χ3v) is 4.91. The number of unbranched alkanes of at least 4 members (excludes halogenated alkanes) is 2. The zero-order valence-corrected chi connectivity index (χ0v) is 14.6. The molecule has 1 atom stereocenters. The van der Waals surface area contributed by atoms with E-state index in [0.29, 0.717) is 19.1 Å². The van der Waals surface area contributed by atoms with Crippen LogP contribution in [0.1, 0.15) is 79.6 Å². The fraction of sp³-hybridized carbons (Fsp3) is 1.00. The molecular formula is C17H34O4. The third kappa shape index (κ3) is 4.92. The number of hydrogen-bond donors (Lipinski definition) is 0. The molecule has 0 aliphatic heterocycles. The van der Waals surface area contributed by atoms with Crippen molar-refractivity contribution >= 4 is 0 Å². The van der Waals surface area contributed by atoms with Crippen molar-refractivity contribution in [1.82, 2.24) is 0 Å². The van der Waals surface area contributed by atoms with Gasteiger partial charge in [0.05, 0.1) is 13.2 Å². The highest BCUT2D eigenvalue weighted by Gasteiger charge is 2.55. The lowest BCUT2D eigenvalue weighted by atomic mass is 9.65. The van der Waals surface area contributed by atoms with E-state index >= 15 is 0 Å². The van der Waals surface area contributed by atoms with E-state index in [1.807, 2.05) is 0 Å². The van der Waals surface area contributed by atoms with Crippen molar-refractivity contribution in [2.75, 3.05) is 13.2 Å². The fourth-order valence-corrected chi connectivity index (χ4v) is 2.69. The second kappa shape index (κ2) is 9.09. The Bertz CT molecular complexity index is 266. The van der Waals surface area contributed by atoms with Crippen LogP contribution in [0.4, 0.5) is 0 Å². The van der Waals surface area contributed by atoms with Crippen molar-refractivity contribution in [2.45, 2.75) is 85.4 Å². The molecule has 0 bridgehead atoms. The summed E-state index contributed by atoms with van der Waals surface area (Å²) in [6.07, 6.45) is 7.21. The van der Waals surface area contributed by atoms with Gasteiger partial charge in [0, 0.05) is 11.8 Å². The van der Waals surface area contributed by atoms with Crippen LogP contribution >= 0.6 is 0 Å². The monoisotopic (exact) mass is 302 g/mol. The molecule has 4 nitrogen and oxygen atoms in total. The van der Waals surface area contributed by atoms with Crippen LogP contribution in [-0.2, 0) is 19.6 Å². The van der Waals surface area contributed by atoms with E-state index < -0.39 is 5.79 Å². The molecule has 0 aromatic heterocycles. The predicted octanol–water partition coefficient (Wildman–Crippen LogP) is 5.03. The largest absolute Gasteiger partial charge is 0.239 e. The van der Waals surface area contributed by atoms with Gasteiger partial charge in [-0.1, -0.05) is 47.5 Å². The molecule has 1 unspecified atom stereocenters. The summed E-state index contributed by atoms with van der Waals surface area (Å²) in [5.41, 5.74) is -0.149. The van der Waals surface area contributed by atoms with Gasteiger partial charge >= 0.3 is 0 Å². The van der Waals surface area contributed by atoms with E-state index in [4.69, 9.17) is 19.6 Å². The molecule has 0 spiro atoms. The lowest BCUT2D eigenvalue weighted by molar-refractivity contribution is -0.543. The first-order valence-corrected chi connectivity index (χ1v) is 8.61. The average Bonchev–Trinajstić information content (AvgIpc) is 2.45. The Labute approximate surface area is 130 Å². The summed E-state index contributed by atoms with van der Waals surface area (Å²) >= 11 is 0. The summed E-state index contributed by atoms with van der Waals surface area (Å²) in [5, 5.41) is 0. The molecule has 0 aromatic rings. The van der Waals surface area contributed by atoms with Crippen LogP contribution < -0.4 is 0 Å². The van der Waals surface area contributed by atoms with Gasteiger partial charge in [-0.05, 0) is 31.6 Å². The van der Waals surface area contributed by atoms with Crippen molar-refractivity contribution in [3.63, 3.8) is 0 Å². The van der Waals surface area contributed by atoms with Crippen LogP contribution in [-0.4, -0.2) is 19.0 Å². The van der Waals surface area contributed by atoms with E-state index in [0.717, 1.165) is 38.5 Å². The Morgan fingerprint density at radius 1 is 0.952 bits per heavy atom. The third-order valence-electron chi connectivity index (χ3n) is 4.91. The maximum absolute atomic E-state index is 5.79. The van der Waals surface area contributed by atoms with Gasteiger partial charge in [-0.3, -0.25) is 0 Å². The minimum atomic E-state index is -0.799. The van der Waals surface area contributed by atoms with Gasteiger partial charge in [0.15, 0.2) is 0 Å². The van der Waals surface area contributed by atoms with Gasteiger partial charge in [-0.15, -0.1) is 0 Å². The summed E-state index contributed by atoms with van der Waals surface area (Å²) in [6, 6.07) is 0. The minimum Gasteiger partial charge on any atom is -0.234 e. The highest BCUT2D eigenvalue weighted by atomic mass is 17.3. The molecule has 0 saturated heterocycles. The fourth-order valence-electron chi connectivity index (χ4n) is 2.69. The molecule has 21 heavy (non-hydrogen) atoms. The lowest BCUT2D eigenvalue weighted by Gasteiger charge is -2.49. The lowest BCUT2D eigenvalue weighted by Crippen LogP contribution is -2.55. The molecule has 126 valence electrons. The Hall–Kier alpha value is -0.160. The molecule has 0 heterocycles. The summed E-state index contributed by atoms with van der Waals surface area (Å²) in [6.45, 7) is 12.1. The maximum atomic E-state index is 5.79. The molecule has 0 N–H and O–H groups in total. The summed E-state index contributed by atoms with van der Waals surface area (Å²) in [4.78, 5) is 22.5. The molecule has 0 aromatic carbocycles. The Morgan fingerprint density at radius 3 is 1.95 bits per heavy atom. The van der Waals surface area contributed by atoms with Crippen LogP contribution in [0, 0.1) is 11.3 Å². The smallest absolute Gasteiger partial charge is 0.234 e. The Balaban J connectivity index is 2.67. The van der Waals surface area contributed by atoms with Gasteiger partial charge < -0.3 is 0 Å². The van der Waals surface area contributed by atoms with Crippen LogP contribution in [0.2, 0.25) is 0 Å². The van der Waals surface area contributed by atoms with Gasteiger partial charge in [-0.2, -0.15) is 9.78 Å². The summed E-state index contributed by atoms with van der Waals surface area (Å²) < 4.78 is 0. The molecular weight excluding hydrogens is 268 g/mol. The van der Waals surface area contributed by atoms with Gasteiger partial charge in [0.1, 0.15) is 0 Å². The second-order valence-electron chi connectivity index (χ2n) is 6.79. The van der Waals surface area contributed by atoms with Crippen molar-refractivity contribution in [2.24, 2.45) is 11.3 Å². The highest BCUT2D eigenvalue weighted by molar-refractivity contribution is 4.94. The van der Waals surface area contributed by atoms with Crippen LogP contribution in [0.3, 0.4) is 0 Å². The molecule has 1 saturated carbocycles. The molecule has 1 aliphatic carbocycles. The molecule has 0 radical (unpaired) electrons. The van der Waals surface area contributed by atoms with E-state index in [2.05, 4.69) is 34.6 Å². The summed E-state index contributed by atoms with van der Waals surface area (Å²) in [7, 11) is 0. The van der Waals surface area contributed by atoms with Crippen molar-refractivity contribution in [1.29, 1.82) is 0 Å².